The summed E-state index contributed by atoms with van der Waals surface area (Å²) in [6.07, 6.45) is -1.10. The number of hydrogen-bond donors (Lipinski definition) is 1. The second kappa shape index (κ2) is 7.33. The number of rotatable bonds is 1. The van der Waals surface area contributed by atoms with Gasteiger partial charge in [0.15, 0.2) is 5.65 Å². The summed E-state index contributed by atoms with van der Waals surface area (Å²) in [6, 6.07) is 11.5. The summed E-state index contributed by atoms with van der Waals surface area (Å²) in [5, 5.41) is 10.7. The Morgan fingerprint density at radius 1 is 1.11 bits per heavy atom. The van der Waals surface area contributed by atoms with Crippen molar-refractivity contribution in [1.82, 2.24) is 9.55 Å². The molecular formula is C22H22BrN3O2. The van der Waals surface area contributed by atoms with Gasteiger partial charge in [0.25, 0.3) is 0 Å². The highest BCUT2D eigenvalue weighted by atomic mass is 79.9. The number of fused-ring (bicyclic) bond motifs is 1. The van der Waals surface area contributed by atoms with E-state index < -0.39 is 6.09 Å². The molecule has 2 heterocycles. The van der Waals surface area contributed by atoms with E-state index >= 15 is 0 Å². The Morgan fingerprint density at radius 2 is 1.75 bits per heavy atom. The average molecular weight is 440 g/mol. The van der Waals surface area contributed by atoms with Gasteiger partial charge in [0, 0.05) is 36.3 Å². The summed E-state index contributed by atoms with van der Waals surface area (Å²) in [5.41, 5.74) is 3.32. The molecule has 3 aromatic rings. The van der Waals surface area contributed by atoms with Crippen LogP contribution in [0.1, 0.15) is 37.6 Å². The largest absolute Gasteiger partial charge is 0.464 e. The van der Waals surface area contributed by atoms with E-state index in [1.165, 1.54) is 4.57 Å². The van der Waals surface area contributed by atoms with Gasteiger partial charge in [-0.3, -0.25) is 0 Å². The highest BCUT2D eigenvalue weighted by Gasteiger charge is 2.28. The van der Waals surface area contributed by atoms with Crippen molar-refractivity contribution >= 4 is 38.7 Å². The Labute approximate surface area is 173 Å². The summed E-state index contributed by atoms with van der Waals surface area (Å²) in [4.78, 5) is 18.5. The zero-order valence-electron chi connectivity index (χ0n) is 16.5. The third-order valence-corrected chi connectivity index (χ3v) is 4.87. The molecule has 2 aromatic heterocycles. The molecule has 28 heavy (non-hydrogen) atoms. The van der Waals surface area contributed by atoms with Crippen LogP contribution in [-0.4, -0.2) is 34.8 Å². The molecule has 0 saturated heterocycles. The monoisotopic (exact) mass is 439 g/mol. The van der Waals surface area contributed by atoms with Crippen molar-refractivity contribution in [2.75, 3.05) is 19.0 Å². The molecule has 0 bridgehead atoms. The van der Waals surface area contributed by atoms with Crippen LogP contribution in [0.25, 0.3) is 11.0 Å². The fourth-order valence-corrected chi connectivity index (χ4v) is 3.47. The predicted molar refractivity (Wildman–Crippen MR) is 116 cm³/mol. The van der Waals surface area contributed by atoms with E-state index in [1.807, 2.05) is 76.2 Å². The Bertz CT molecular complexity index is 1110. The predicted octanol–water partition coefficient (Wildman–Crippen LogP) is 5.09. The first-order valence-corrected chi connectivity index (χ1v) is 9.63. The lowest BCUT2D eigenvalue weighted by molar-refractivity contribution is 0.197. The number of pyridine rings is 1. The molecule has 0 fully saturated rings. The van der Waals surface area contributed by atoms with Crippen LogP contribution in [0.2, 0.25) is 0 Å². The van der Waals surface area contributed by atoms with Gasteiger partial charge in [0.05, 0.1) is 0 Å². The summed E-state index contributed by atoms with van der Waals surface area (Å²) >= 11 is 3.34. The molecule has 1 N–H and O–H groups in total. The number of hydrogen-bond acceptors (Lipinski definition) is 3. The topological polar surface area (TPSA) is 58.4 Å². The number of aromatic nitrogens is 2. The number of nitrogens with zero attached hydrogens (tertiary/aromatic N) is 3. The van der Waals surface area contributed by atoms with Gasteiger partial charge in [0.1, 0.15) is 10.3 Å². The minimum atomic E-state index is -1.10. The molecule has 0 radical (unpaired) electrons. The van der Waals surface area contributed by atoms with Crippen LogP contribution in [0.3, 0.4) is 0 Å². The second-order valence-corrected chi connectivity index (χ2v) is 8.60. The molecule has 5 nitrogen and oxygen atoms in total. The smallest absolute Gasteiger partial charge is 0.418 e. The van der Waals surface area contributed by atoms with Crippen LogP contribution < -0.4 is 4.90 Å². The van der Waals surface area contributed by atoms with E-state index in [4.69, 9.17) is 0 Å². The van der Waals surface area contributed by atoms with Gasteiger partial charge in [-0.1, -0.05) is 26.7 Å². The van der Waals surface area contributed by atoms with E-state index in [-0.39, 0.29) is 5.41 Å². The number of anilines is 1. The molecule has 6 heteroatoms. The zero-order valence-corrected chi connectivity index (χ0v) is 18.1. The van der Waals surface area contributed by atoms with Crippen molar-refractivity contribution in [3.05, 3.63) is 57.8 Å². The molecule has 0 atom stereocenters. The van der Waals surface area contributed by atoms with E-state index in [9.17, 15) is 9.90 Å². The van der Waals surface area contributed by atoms with Crippen LogP contribution in [0, 0.1) is 11.8 Å². The van der Waals surface area contributed by atoms with E-state index in [0.29, 0.717) is 15.9 Å². The van der Waals surface area contributed by atoms with Crippen molar-refractivity contribution in [3.8, 4) is 11.8 Å². The minimum Gasteiger partial charge on any atom is -0.464 e. The summed E-state index contributed by atoms with van der Waals surface area (Å²) in [6.45, 7) is 6.15. The molecule has 0 spiro atoms. The first-order valence-electron chi connectivity index (χ1n) is 8.83. The fourth-order valence-electron chi connectivity index (χ4n) is 3.17. The summed E-state index contributed by atoms with van der Waals surface area (Å²) in [7, 11) is 3.96. The van der Waals surface area contributed by atoms with Crippen LogP contribution in [-0.2, 0) is 5.41 Å². The molecule has 144 valence electrons. The molecular weight excluding hydrogens is 418 g/mol. The van der Waals surface area contributed by atoms with Crippen molar-refractivity contribution in [1.29, 1.82) is 0 Å². The first kappa shape index (κ1) is 20.0. The molecule has 0 saturated carbocycles. The van der Waals surface area contributed by atoms with E-state index in [1.54, 1.807) is 0 Å². The van der Waals surface area contributed by atoms with Crippen LogP contribution in [0.4, 0.5) is 10.5 Å². The van der Waals surface area contributed by atoms with Crippen molar-refractivity contribution < 1.29 is 9.90 Å². The second-order valence-electron chi connectivity index (χ2n) is 7.79. The third kappa shape index (κ3) is 3.76. The van der Waals surface area contributed by atoms with Crippen molar-refractivity contribution in [2.24, 2.45) is 0 Å². The van der Waals surface area contributed by atoms with Gasteiger partial charge >= 0.3 is 6.09 Å². The van der Waals surface area contributed by atoms with Gasteiger partial charge < -0.3 is 10.0 Å². The lowest BCUT2D eigenvalue weighted by Crippen LogP contribution is -2.16. The average Bonchev–Trinajstić information content (AvgIpc) is 2.93. The molecule has 0 unspecified atom stereocenters. The lowest BCUT2D eigenvalue weighted by Gasteiger charge is -2.19. The molecule has 0 aliphatic rings. The number of benzene rings is 1. The van der Waals surface area contributed by atoms with Gasteiger partial charge in [-0.15, -0.1) is 0 Å². The normalized spacial score (nSPS) is 11.2. The maximum Gasteiger partial charge on any atom is 0.418 e. The Balaban J connectivity index is 2.25. The lowest BCUT2D eigenvalue weighted by atomic mass is 9.85. The van der Waals surface area contributed by atoms with Crippen molar-refractivity contribution in [3.63, 3.8) is 0 Å². The molecule has 3 rings (SSSR count). The Hall–Kier alpha value is -2.78. The maximum atomic E-state index is 12.1. The quantitative estimate of drug-likeness (QED) is 0.423. The van der Waals surface area contributed by atoms with Crippen LogP contribution >= 0.6 is 15.9 Å². The van der Waals surface area contributed by atoms with Gasteiger partial charge in [-0.05, 0) is 63.7 Å². The van der Waals surface area contributed by atoms with Crippen molar-refractivity contribution in [2.45, 2.75) is 26.2 Å². The number of carbonyl (C=O) groups is 1. The van der Waals surface area contributed by atoms with E-state index in [0.717, 1.165) is 22.2 Å². The SMILES string of the molecule is CN(C)c1ccc(C#Cc2c(C(C)(C)C)c3ccc(Br)nc3n2C(=O)O)cc1. The molecule has 0 amide bonds. The molecule has 0 aliphatic heterocycles. The zero-order chi connectivity index (χ0) is 20.6. The fraction of sp³-hybridized carbons (Fsp3) is 0.273. The standard InChI is InChI=1S/C22H22BrN3O2/c1-22(2,3)19-16-11-13-18(23)24-20(16)26(21(27)28)17(19)12-8-14-6-9-15(10-7-14)25(4)5/h6-7,9-11,13H,1-5H3,(H,27,28). The Kier molecular flexibility index (Phi) is 5.22. The minimum absolute atomic E-state index is 0.298. The van der Waals surface area contributed by atoms with E-state index in [2.05, 4.69) is 32.8 Å². The first-order chi connectivity index (χ1) is 13.1. The molecule has 1 aromatic carbocycles. The summed E-state index contributed by atoms with van der Waals surface area (Å²) < 4.78 is 1.77. The highest BCUT2D eigenvalue weighted by Crippen LogP contribution is 2.35. The highest BCUT2D eigenvalue weighted by molar-refractivity contribution is 9.10. The molecule has 0 aliphatic carbocycles. The summed E-state index contributed by atoms with van der Waals surface area (Å²) in [5.74, 6) is 6.23. The maximum absolute atomic E-state index is 12.1. The van der Waals surface area contributed by atoms with Crippen LogP contribution in [0.15, 0.2) is 41.0 Å². The number of carboxylic acid groups (broad SMARTS) is 1. The van der Waals surface area contributed by atoms with Gasteiger partial charge in [-0.2, -0.15) is 0 Å². The van der Waals surface area contributed by atoms with Gasteiger partial charge in [0.2, 0.25) is 0 Å². The number of halogens is 1. The third-order valence-electron chi connectivity index (χ3n) is 4.43. The van der Waals surface area contributed by atoms with Gasteiger partial charge in [-0.25, -0.2) is 14.3 Å². The Morgan fingerprint density at radius 3 is 2.29 bits per heavy atom. The van der Waals surface area contributed by atoms with Crippen LogP contribution in [0.5, 0.6) is 0 Å².